The summed E-state index contributed by atoms with van der Waals surface area (Å²) in [5.41, 5.74) is 6.57. The van der Waals surface area contributed by atoms with Gasteiger partial charge in [0, 0.05) is 37.9 Å². The van der Waals surface area contributed by atoms with Crippen LogP contribution in [0, 0.1) is 20.8 Å². The van der Waals surface area contributed by atoms with Gasteiger partial charge < -0.3 is 9.47 Å². The summed E-state index contributed by atoms with van der Waals surface area (Å²) in [5, 5.41) is 0.720. The van der Waals surface area contributed by atoms with Gasteiger partial charge >= 0.3 is 0 Å². The third kappa shape index (κ3) is 3.78. The van der Waals surface area contributed by atoms with Gasteiger partial charge in [-0.3, -0.25) is 9.36 Å². The van der Waals surface area contributed by atoms with Crippen molar-refractivity contribution in [2.75, 3.05) is 18.0 Å². The van der Waals surface area contributed by atoms with Crippen molar-refractivity contribution in [1.82, 2.24) is 14.1 Å². The Morgan fingerprint density at radius 3 is 2.10 bits per heavy atom. The fourth-order valence-electron chi connectivity index (χ4n) is 4.66. The molecule has 0 aliphatic carbocycles. The Hall–Kier alpha value is -2.56. The molecule has 0 radical (unpaired) electrons. The lowest BCUT2D eigenvalue weighted by Crippen LogP contribution is -2.35. The number of anilines is 1. The van der Waals surface area contributed by atoms with Crippen LogP contribution in [0.15, 0.2) is 23.1 Å². The molecule has 3 aromatic rings. The van der Waals surface area contributed by atoms with E-state index in [1.54, 1.807) is 0 Å². The van der Waals surface area contributed by atoms with E-state index in [0.717, 1.165) is 54.0 Å². The predicted octanol–water partition coefficient (Wildman–Crippen LogP) is 5.53. The van der Waals surface area contributed by atoms with Crippen molar-refractivity contribution in [3.05, 3.63) is 45.4 Å². The zero-order chi connectivity index (χ0) is 22.2. The zero-order valence-electron chi connectivity index (χ0n) is 19.8. The molecule has 0 saturated heterocycles. The second-order valence-corrected chi connectivity index (χ2v) is 8.79. The summed E-state index contributed by atoms with van der Waals surface area (Å²) in [6.07, 6.45) is 4.11. The Kier molecular flexibility index (Phi) is 6.39. The molecule has 0 fully saturated rings. The molecule has 5 nitrogen and oxygen atoms in total. The van der Waals surface area contributed by atoms with Crippen LogP contribution in [0.4, 0.5) is 5.95 Å². The van der Waals surface area contributed by atoms with E-state index in [1.165, 1.54) is 16.7 Å². The minimum Gasteiger partial charge on any atom is -0.342 e. The molecule has 1 aromatic carbocycles. The van der Waals surface area contributed by atoms with Crippen LogP contribution < -0.4 is 10.5 Å². The number of aryl methyl sites for hydroxylation is 4. The summed E-state index contributed by atoms with van der Waals surface area (Å²) in [4.78, 5) is 21.2. The van der Waals surface area contributed by atoms with Crippen LogP contribution in [0.25, 0.3) is 22.2 Å². The molecular weight excluding hydrogens is 372 g/mol. The van der Waals surface area contributed by atoms with Crippen LogP contribution in [0.1, 0.15) is 63.3 Å². The van der Waals surface area contributed by atoms with E-state index >= 15 is 0 Å². The fraction of sp³-hybridized carbons (Fsp3) is 0.520. The molecule has 0 aliphatic rings. The lowest BCUT2D eigenvalue weighted by Gasteiger charge is -2.27. The normalized spacial score (nSPS) is 11.6. The Bertz CT molecular complexity index is 1090. The monoisotopic (exact) mass is 408 g/mol. The van der Waals surface area contributed by atoms with Crippen molar-refractivity contribution < 1.29 is 0 Å². The molecular formula is C25H36N4O. The minimum absolute atomic E-state index is 0.0360. The van der Waals surface area contributed by atoms with Gasteiger partial charge in [-0.1, -0.05) is 31.5 Å². The largest absolute Gasteiger partial charge is 0.342 e. The molecule has 0 N–H and O–H groups in total. The van der Waals surface area contributed by atoms with Crippen LogP contribution >= 0.6 is 0 Å². The topological polar surface area (TPSA) is 43.1 Å². The molecule has 0 amide bonds. The predicted molar refractivity (Wildman–Crippen MR) is 128 cm³/mol. The lowest BCUT2D eigenvalue weighted by molar-refractivity contribution is 0.555. The summed E-state index contributed by atoms with van der Waals surface area (Å²) < 4.78 is 3.89. The van der Waals surface area contributed by atoms with Gasteiger partial charge in [0.25, 0.3) is 5.56 Å². The van der Waals surface area contributed by atoms with Gasteiger partial charge in [0.1, 0.15) is 5.65 Å². The second kappa shape index (κ2) is 8.66. The van der Waals surface area contributed by atoms with Crippen LogP contribution in [0.3, 0.4) is 0 Å². The zero-order valence-corrected chi connectivity index (χ0v) is 19.8. The molecule has 0 atom stereocenters. The van der Waals surface area contributed by atoms with Crippen molar-refractivity contribution in [2.24, 2.45) is 7.05 Å². The fourth-order valence-corrected chi connectivity index (χ4v) is 4.66. The quantitative estimate of drug-likeness (QED) is 0.516. The number of benzene rings is 1. The van der Waals surface area contributed by atoms with Crippen molar-refractivity contribution in [3.63, 3.8) is 0 Å². The Morgan fingerprint density at radius 2 is 1.60 bits per heavy atom. The van der Waals surface area contributed by atoms with Crippen LogP contribution in [0.5, 0.6) is 0 Å². The smallest absolute Gasteiger partial charge is 0.265 e. The third-order valence-electron chi connectivity index (χ3n) is 5.74. The van der Waals surface area contributed by atoms with Gasteiger partial charge in [-0.05, 0) is 64.2 Å². The minimum atomic E-state index is 0.0360. The Labute approximate surface area is 180 Å². The Balaban J connectivity index is 2.39. The van der Waals surface area contributed by atoms with Crippen molar-refractivity contribution in [3.8, 4) is 11.1 Å². The van der Waals surface area contributed by atoms with E-state index in [2.05, 4.69) is 71.7 Å². The molecule has 3 rings (SSSR count). The summed E-state index contributed by atoms with van der Waals surface area (Å²) in [5.74, 6) is 0.788. The van der Waals surface area contributed by atoms with Gasteiger partial charge in [0.2, 0.25) is 5.95 Å². The van der Waals surface area contributed by atoms with Crippen LogP contribution in [-0.2, 0) is 7.05 Å². The first kappa shape index (κ1) is 22.1. The number of rotatable bonds is 7. The number of hydrogen-bond acceptors (Lipinski definition) is 3. The average Bonchev–Trinajstić information content (AvgIpc) is 2.97. The molecule has 0 aliphatic heterocycles. The first-order chi connectivity index (χ1) is 14.2. The molecule has 5 heteroatoms. The van der Waals surface area contributed by atoms with Gasteiger partial charge in [-0.2, -0.15) is 4.98 Å². The first-order valence-electron chi connectivity index (χ1n) is 11.2. The third-order valence-corrected chi connectivity index (χ3v) is 5.74. The highest BCUT2D eigenvalue weighted by Crippen LogP contribution is 2.34. The molecule has 0 spiro atoms. The number of nitrogens with zero attached hydrogens (tertiary/aromatic N) is 4. The standard InChI is InChI=1S/C25H36N4O/c1-9-11-28(12-10-2)25-26-23-22(24(30)29(25)16(3)4)20(15-27(23)8)21-18(6)13-17(5)14-19(21)7/h13-16H,9-12H2,1-8H3. The van der Waals surface area contributed by atoms with Gasteiger partial charge in [-0.25, -0.2) is 0 Å². The summed E-state index contributed by atoms with van der Waals surface area (Å²) in [6, 6.07) is 4.41. The van der Waals surface area contributed by atoms with Gasteiger partial charge in [-0.15, -0.1) is 0 Å². The molecule has 2 heterocycles. The molecule has 2 aromatic heterocycles. The Morgan fingerprint density at radius 1 is 1.03 bits per heavy atom. The highest BCUT2D eigenvalue weighted by molar-refractivity contribution is 5.96. The first-order valence-corrected chi connectivity index (χ1v) is 11.2. The molecule has 30 heavy (non-hydrogen) atoms. The van der Waals surface area contributed by atoms with Crippen molar-refractivity contribution in [1.29, 1.82) is 0 Å². The van der Waals surface area contributed by atoms with E-state index in [4.69, 9.17) is 4.98 Å². The maximum Gasteiger partial charge on any atom is 0.265 e. The van der Waals surface area contributed by atoms with Crippen LogP contribution in [0.2, 0.25) is 0 Å². The number of fused-ring (bicyclic) bond motifs is 1. The van der Waals surface area contributed by atoms with E-state index in [0.29, 0.717) is 0 Å². The lowest BCUT2D eigenvalue weighted by atomic mass is 9.94. The van der Waals surface area contributed by atoms with Gasteiger partial charge in [0.05, 0.1) is 5.39 Å². The molecule has 0 unspecified atom stereocenters. The van der Waals surface area contributed by atoms with Crippen molar-refractivity contribution >= 4 is 17.0 Å². The highest BCUT2D eigenvalue weighted by atomic mass is 16.1. The van der Waals surface area contributed by atoms with E-state index in [9.17, 15) is 4.79 Å². The van der Waals surface area contributed by atoms with E-state index in [-0.39, 0.29) is 11.6 Å². The van der Waals surface area contributed by atoms with E-state index < -0.39 is 0 Å². The highest BCUT2D eigenvalue weighted by Gasteiger charge is 2.23. The second-order valence-electron chi connectivity index (χ2n) is 8.79. The van der Waals surface area contributed by atoms with Crippen LogP contribution in [-0.4, -0.2) is 27.2 Å². The number of hydrogen-bond donors (Lipinski definition) is 0. The average molecular weight is 409 g/mol. The summed E-state index contributed by atoms with van der Waals surface area (Å²) in [6.45, 7) is 16.6. The number of aromatic nitrogens is 3. The van der Waals surface area contributed by atoms with Crippen molar-refractivity contribution in [2.45, 2.75) is 67.3 Å². The maximum absolute atomic E-state index is 13.9. The molecule has 0 saturated carbocycles. The molecule has 162 valence electrons. The summed E-state index contributed by atoms with van der Waals surface area (Å²) >= 11 is 0. The SMILES string of the molecule is CCCN(CCC)c1nc2c(c(-c3c(C)cc(C)cc3C)cn2C)c(=O)n1C(C)C. The molecule has 0 bridgehead atoms. The summed E-state index contributed by atoms with van der Waals surface area (Å²) in [7, 11) is 1.99. The maximum atomic E-state index is 13.9. The van der Waals surface area contributed by atoms with E-state index in [1.807, 2.05) is 16.2 Å². The van der Waals surface area contributed by atoms with Gasteiger partial charge in [0.15, 0.2) is 0 Å².